The number of amides is 4. The molecule has 3 heterocycles. The van der Waals surface area contributed by atoms with Crippen molar-refractivity contribution in [2.45, 2.75) is 98.3 Å². The summed E-state index contributed by atoms with van der Waals surface area (Å²) in [6.07, 6.45) is 0.180. The van der Waals surface area contributed by atoms with Crippen LogP contribution in [-0.4, -0.2) is 212 Å². The van der Waals surface area contributed by atoms with E-state index in [4.69, 9.17) is 18.9 Å². The Bertz CT molecular complexity index is 3570. The normalized spacial score (nSPS) is 15.4. The molecule has 1 aliphatic carbocycles. The molecule has 1 unspecified atom stereocenters. The number of ketones is 2. The lowest BCUT2D eigenvalue weighted by Crippen LogP contribution is -2.43. The van der Waals surface area contributed by atoms with Crippen LogP contribution in [0.3, 0.4) is 0 Å². The van der Waals surface area contributed by atoms with Gasteiger partial charge in [-0.15, -0.1) is 23.1 Å². The van der Waals surface area contributed by atoms with Gasteiger partial charge in [0.15, 0.2) is 17.6 Å². The molecule has 494 valence electrons. The van der Waals surface area contributed by atoms with E-state index in [1.807, 2.05) is 13.8 Å². The molecule has 0 bridgehead atoms. The number of hydrogen-bond donors (Lipinski definition) is 5. The third-order valence-electron chi connectivity index (χ3n) is 14.8. The minimum atomic E-state index is -3.74. The van der Waals surface area contributed by atoms with Gasteiger partial charge in [0.25, 0.3) is 0 Å². The first kappa shape index (κ1) is 72.7. The summed E-state index contributed by atoms with van der Waals surface area (Å²) in [6.45, 7) is 13.3. The Morgan fingerprint density at radius 3 is 2.11 bits per heavy atom. The largest absolute Gasteiger partial charge is 0.480 e. The number of benzene rings is 2. The van der Waals surface area contributed by atoms with Gasteiger partial charge in [-0.05, 0) is 63.1 Å². The number of sulfonamides is 1. The maximum Gasteiger partial charge on any atom is 0.415 e. The Labute approximate surface area is 536 Å². The van der Waals surface area contributed by atoms with Gasteiger partial charge in [-0.3, -0.25) is 29.0 Å². The number of likely N-dealkylation sites (N-methyl/N-ethyl adjacent to an activating group) is 1. The fourth-order valence-electron chi connectivity index (χ4n) is 9.55. The number of aliphatic imine (C=N–C) groups is 1. The Hall–Kier alpha value is -7.38. The van der Waals surface area contributed by atoms with Crippen molar-refractivity contribution in [3.63, 3.8) is 0 Å². The first-order valence-electron chi connectivity index (χ1n) is 29.4. The van der Waals surface area contributed by atoms with Crippen LogP contribution in [0.4, 0.5) is 15.1 Å². The summed E-state index contributed by atoms with van der Waals surface area (Å²) in [4.78, 5) is 111. The van der Waals surface area contributed by atoms with Crippen molar-refractivity contribution in [1.82, 2.24) is 35.4 Å². The maximum atomic E-state index is 13.9. The van der Waals surface area contributed by atoms with Crippen LogP contribution in [0.2, 0.25) is 0 Å². The first-order chi connectivity index (χ1) is 42.9. The molecular weight excluding hydrogens is 1240 g/mol. The van der Waals surface area contributed by atoms with Crippen molar-refractivity contribution in [2.24, 2.45) is 10.4 Å². The average Bonchev–Trinajstić information content (AvgIpc) is 1.09. The molecular formula is C62H80FN9O16S3. The molecule has 29 heteroatoms. The molecule has 4 aromatic rings. The number of carboxylic acid groups (broad SMARTS) is 1. The van der Waals surface area contributed by atoms with E-state index in [0.29, 0.717) is 70.8 Å². The number of anilines is 1. The highest BCUT2D eigenvalue weighted by Gasteiger charge is 2.39. The number of rotatable bonds is 34. The summed E-state index contributed by atoms with van der Waals surface area (Å²) in [5.41, 5.74) is 2.65. The van der Waals surface area contributed by atoms with E-state index in [0.717, 1.165) is 10.6 Å². The number of nitrogens with zero attached hydrogens (tertiary/aromatic N) is 7. The average molecular weight is 1320 g/mol. The molecule has 1 aliphatic heterocycles. The molecule has 25 nitrogen and oxygen atoms in total. The summed E-state index contributed by atoms with van der Waals surface area (Å²) in [5, 5.41) is 37.3. The number of allylic oxidation sites excluding steroid dienone is 4. The zero-order chi connectivity index (χ0) is 66.9. The molecule has 0 saturated heterocycles. The number of hydrogen-bond acceptors (Lipinski definition) is 21. The molecule has 2 aliphatic rings. The number of halogens is 1. The van der Waals surface area contributed by atoms with Gasteiger partial charge in [0.05, 0.1) is 86.1 Å². The Morgan fingerprint density at radius 2 is 1.47 bits per heavy atom. The van der Waals surface area contributed by atoms with Gasteiger partial charge in [0.2, 0.25) is 33.7 Å². The number of aliphatic hydroxyl groups excluding tert-OH is 2. The van der Waals surface area contributed by atoms with Crippen LogP contribution in [0, 0.1) is 11.2 Å². The molecule has 3 atom stereocenters. The first-order valence-corrected chi connectivity index (χ1v) is 33.1. The number of carbonyl (C=O) groups is 7. The number of fused-ring (bicyclic) bond motifs is 1. The van der Waals surface area contributed by atoms with Crippen LogP contribution in [-0.2, 0) is 53.0 Å². The van der Waals surface area contributed by atoms with Crippen molar-refractivity contribution in [1.29, 1.82) is 0 Å². The number of ether oxygens (including phenoxy) is 4. The van der Waals surface area contributed by atoms with Gasteiger partial charge in [0.1, 0.15) is 21.6 Å². The quantitative estimate of drug-likeness (QED) is 0.0275. The van der Waals surface area contributed by atoms with Crippen LogP contribution in [0.15, 0.2) is 75.8 Å². The highest BCUT2D eigenvalue weighted by Crippen LogP contribution is 2.40. The van der Waals surface area contributed by atoms with Gasteiger partial charge in [-0.25, -0.2) is 41.7 Å². The number of thiazole rings is 1. The molecule has 91 heavy (non-hydrogen) atoms. The zero-order valence-electron chi connectivity index (χ0n) is 52.7. The van der Waals surface area contributed by atoms with Gasteiger partial charge in [-0.2, -0.15) is 0 Å². The number of nitrogens with one attached hydrogen (secondary N) is 2. The highest BCUT2D eigenvalue weighted by molar-refractivity contribution is 8.15. The number of Topliss-reactive ketones (excluding diaryl/α,β-unsaturated/α-hetero) is 2. The summed E-state index contributed by atoms with van der Waals surface area (Å²) >= 11 is 2.59. The molecule has 0 spiro atoms. The van der Waals surface area contributed by atoms with Crippen LogP contribution in [0.5, 0.6) is 5.75 Å². The molecule has 5 N–H and O–H groups in total. The van der Waals surface area contributed by atoms with E-state index < -0.39 is 57.5 Å². The van der Waals surface area contributed by atoms with E-state index in [9.17, 15) is 61.7 Å². The lowest BCUT2D eigenvalue weighted by Gasteiger charge is -2.33. The Balaban J connectivity index is 0.888. The van der Waals surface area contributed by atoms with Gasteiger partial charge < -0.3 is 54.7 Å². The van der Waals surface area contributed by atoms with Crippen molar-refractivity contribution in [3.05, 3.63) is 92.9 Å². The fourth-order valence-corrected chi connectivity index (χ4v) is 12.0. The van der Waals surface area contributed by atoms with Crippen LogP contribution in [0.1, 0.15) is 96.3 Å². The standard InChI is InChI=1S/C62H80FN9O16S3/c1-36(2)53-45(54(40-11-13-41(63)14-12-40)69-60(68-53)71(9)91(10,83)84)17-15-42(73)31-43(74)32-50(76)65-21-20-64-49(75)19-25-85-27-29-87-30-28-86-26-24-72(23-22-70(8)51(77)34-62(6,7)52-39(5)55(78)37(3)38(4)56(52)79)61(82)88-44-16-18-46-48(33-44)90-58(66-46)57-67-47(35-89-57)59(80)81/h11-18,33,36,42-43,47,73-74H,19-32,34-35H2,1-10H3,(H,64,75)(H,65,76)(H,80,81)/b17-15+/t42-,43-,47?/m1/s1. The molecule has 4 amide bonds. The molecule has 2 aromatic carbocycles. The van der Waals surface area contributed by atoms with E-state index in [1.165, 1.54) is 70.3 Å². The van der Waals surface area contributed by atoms with Gasteiger partial charge in [-0.1, -0.05) is 39.8 Å². The van der Waals surface area contributed by atoms with Crippen LogP contribution in [0.25, 0.3) is 27.6 Å². The topological polar surface area (TPSA) is 336 Å². The van der Waals surface area contributed by atoms with Crippen molar-refractivity contribution < 1.29 is 80.6 Å². The number of carbonyl (C=O) groups excluding carboxylic acids is 6. The molecule has 0 saturated carbocycles. The Morgan fingerprint density at radius 1 is 0.835 bits per heavy atom. The second kappa shape index (κ2) is 33.3. The number of aromatic nitrogens is 3. The molecule has 6 rings (SSSR count). The second-order valence-electron chi connectivity index (χ2n) is 22.8. The van der Waals surface area contributed by atoms with E-state index in [-0.39, 0.29) is 139 Å². The minimum absolute atomic E-state index is 0.0329. The number of aliphatic hydroxyl groups is 2. The summed E-state index contributed by atoms with van der Waals surface area (Å²) in [6, 6.07) is 9.53. The van der Waals surface area contributed by atoms with Crippen LogP contribution >= 0.6 is 23.1 Å². The van der Waals surface area contributed by atoms with Gasteiger partial charge in [0, 0.05) is 117 Å². The second-order valence-corrected chi connectivity index (χ2v) is 26.8. The third-order valence-corrected chi connectivity index (χ3v) is 18.2. The summed E-state index contributed by atoms with van der Waals surface area (Å²) in [7, 11) is -0.834. The number of carboxylic acids is 1. The van der Waals surface area contributed by atoms with E-state index in [1.54, 1.807) is 65.9 Å². The highest BCUT2D eigenvalue weighted by atomic mass is 32.2. The SMILES string of the molecule is CC1=C(C)C(=O)C(C(C)(C)CC(=O)N(C)CCN(CCOCCOCCOCCC(=O)NCCNC(=O)C[C@H](O)C[C@H](O)/C=C/c2c(-c3ccc(F)cc3)nc(N(C)S(C)(=O)=O)nc2C(C)C)C(=O)Oc2ccc3nc(C4=NC(C(=O)O)CS4)sc3c2)=C(C)C1=O. The maximum absolute atomic E-state index is 13.9. The smallest absolute Gasteiger partial charge is 0.415 e. The van der Waals surface area contributed by atoms with Crippen LogP contribution < -0.4 is 19.7 Å². The predicted molar refractivity (Wildman–Crippen MR) is 343 cm³/mol. The van der Waals surface area contributed by atoms with Crippen molar-refractivity contribution in [3.8, 4) is 17.0 Å². The fraction of sp³-hybridized carbons (Fsp3) is 0.500. The molecule has 2 aromatic heterocycles. The van der Waals surface area contributed by atoms with Crippen molar-refractivity contribution in [2.75, 3.05) is 103 Å². The molecule has 0 fully saturated rings. The zero-order valence-corrected chi connectivity index (χ0v) is 55.2. The minimum Gasteiger partial charge on any atom is -0.480 e. The Kier molecular flexibility index (Phi) is 26.6. The van der Waals surface area contributed by atoms with Gasteiger partial charge >= 0.3 is 12.1 Å². The monoisotopic (exact) mass is 1320 g/mol. The summed E-state index contributed by atoms with van der Waals surface area (Å²) < 4.78 is 63.0. The number of thioether (sulfide) groups is 1. The van der Waals surface area contributed by atoms with Crippen molar-refractivity contribution >= 4 is 102 Å². The lowest BCUT2D eigenvalue weighted by molar-refractivity contribution is -0.138. The molecule has 0 radical (unpaired) electrons. The predicted octanol–water partition coefficient (Wildman–Crippen LogP) is 5.73. The third kappa shape index (κ3) is 20.8. The lowest BCUT2D eigenvalue weighted by atomic mass is 9.71. The number of aliphatic carboxylic acids is 1. The summed E-state index contributed by atoms with van der Waals surface area (Å²) in [5.74, 6) is -2.96. The van der Waals surface area contributed by atoms with E-state index >= 15 is 0 Å². The van der Waals surface area contributed by atoms with E-state index in [2.05, 4.69) is 30.6 Å².